The van der Waals surface area contributed by atoms with Crippen molar-refractivity contribution in [2.75, 3.05) is 0 Å². The molecule has 10 nitrogen and oxygen atoms in total. The third-order valence-electron chi connectivity index (χ3n) is 6.65. The number of amides is 1. The first-order chi connectivity index (χ1) is 20.8. The number of benzene rings is 2. The monoisotopic (exact) mass is 607 g/mol. The van der Waals surface area contributed by atoms with Crippen molar-refractivity contribution in [1.82, 2.24) is 30.0 Å². The molecule has 0 aliphatic heterocycles. The van der Waals surface area contributed by atoms with E-state index in [4.69, 9.17) is 15.6 Å². The maximum atomic E-state index is 13.1. The van der Waals surface area contributed by atoms with Crippen molar-refractivity contribution in [3.63, 3.8) is 0 Å². The number of hydrogen-bond acceptors (Lipinski definition) is 6. The highest BCUT2D eigenvalue weighted by atomic mass is 19.4. The van der Waals surface area contributed by atoms with Gasteiger partial charge in [0.15, 0.2) is 5.82 Å². The lowest BCUT2D eigenvalue weighted by molar-refractivity contribution is -0.192. The Labute approximate surface area is 251 Å². The van der Waals surface area contributed by atoms with Crippen molar-refractivity contribution in [2.45, 2.75) is 51.0 Å². The highest BCUT2D eigenvalue weighted by Gasteiger charge is 2.38. The summed E-state index contributed by atoms with van der Waals surface area (Å²) in [7, 11) is 0. The van der Waals surface area contributed by atoms with Crippen LogP contribution in [0.3, 0.4) is 0 Å². The Balaban J connectivity index is 0.000000566. The zero-order chi connectivity index (χ0) is 31.9. The number of carbonyl (C=O) groups excluding carboxylic acids is 1. The minimum Gasteiger partial charge on any atom is -0.475 e. The van der Waals surface area contributed by atoms with Gasteiger partial charge in [-0.3, -0.25) is 9.78 Å². The lowest BCUT2D eigenvalue weighted by Crippen LogP contribution is -2.50. The number of H-pyrrole nitrogens is 1. The van der Waals surface area contributed by atoms with Gasteiger partial charge < -0.3 is 25.7 Å². The highest BCUT2D eigenvalue weighted by Crippen LogP contribution is 2.26. The Morgan fingerprint density at radius 3 is 2.30 bits per heavy atom. The number of nitrogens with two attached hydrogens (primary N) is 1. The van der Waals surface area contributed by atoms with Crippen LogP contribution in [0, 0.1) is 0 Å². The third-order valence-corrected chi connectivity index (χ3v) is 6.65. The number of alkyl halides is 3. The molecule has 13 heteroatoms. The van der Waals surface area contributed by atoms with E-state index in [9.17, 15) is 18.0 Å². The highest BCUT2D eigenvalue weighted by molar-refractivity contribution is 5.86. The number of fused-ring (bicyclic) bond motifs is 1. The van der Waals surface area contributed by atoms with E-state index in [1.165, 1.54) is 0 Å². The summed E-state index contributed by atoms with van der Waals surface area (Å²) in [5.74, 6) is -1.54. The van der Waals surface area contributed by atoms with Crippen molar-refractivity contribution >= 4 is 22.8 Å². The molecule has 1 atom stereocenters. The number of carboxylic acids is 1. The van der Waals surface area contributed by atoms with Gasteiger partial charge in [-0.1, -0.05) is 54.6 Å². The fourth-order valence-corrected chi connectivity index (χ4v) is 4.41. The van der Waals surface area contributed by atoms with Gasteiger partial charge in [0.2, 0.25) is 5.91 Å². The van der Waals surface area contributed by atoms with Crippen molar-refractivity contribution in [1.29, 1.82) is 0 Å². The first kappa shape index (κ1) is 31.9. The predicted molar refractivity (Wildman–Crippen MR) is 157 cm³/mol. The average Bonchev–Trinajstić information content (AvgIpc) is 3.57. The first-order valence-electron chi connectivity index (χ1n) is 13.6. The second kappa shape index (κ2) is 13.5. The maximum Gasteiger partial charge on any atom is 0.490 e. The van der Waals surface area contributed by atoms with Gasteiger partial charge in [-0.2, -0.15) is 13.2 Å². The average molecular weight is 608 g/mol. The minimum atomic E-state index is -5.08. The van der Waals surface area contributed by atoms with Crippen LogP contribution in [0.5, 0.6) is 0 Å². The van der Waals surface area contributed by atoms with Gasteiger partial charge in [0.25, 0.3) is 0 Å². The van der Waals surface area contributed by atoms with Crippen LogP contribution in [-0.2, 0) is 29.0 Å². The fourth-order valence-electron chi connectivity index (χ4n) is 4.41. The number of aliphatic carboxylic acids is 1. The molecule has 3 heterocycles. The summed E-state index contributed by atoms with van der Waals surface area (Å²) in [4.78, 5) is 29.9. The number of pyridine rings is 1. The fraction of sp³-hybridized carbons (Fsp3) is 0.258. The lowest BCUT2D eigenvalue weighted by atomic mass is 10.0. The molecule has 0 radical (unpaired) electrons. The molecule has 0 saturated carbocycles. The number of hydrogen-bond donors (Lipinski definition) is 4. The molecule has 0 saturated heterocycles. The number of carbonyl (C=O) groups is 2. The summed E-state index contributed by atoms with van der Waals surface area (Å²) >= 11 is 0. The summed E-state index contributed by atoms with van der Waals surface area (Å²) in [5.41, 5.74) is 9.25. The number of carboxylic acid groups (broad SMARTS) is 1. The Bertz CT molecular complexity index is 1700. The Hall–Kier alpha value is -5.04. The van der Waals surface area contributed by atoms with Crippen LogP contribution in [0.25, 0.3) is 10.9 Å². The SMILES string of the molecule is CC(C)(N)C(=O)N[C@H](Cc1c[nH]c2ccccc12)c1nnc(Cc2ccccc2)n1Cc1ccccn1.O=C(O)C(F)(F)F. The van der Waals surface area contributed by atoms with Crippen molar-refractivity contribution in [3.8, 4) is 0 Å². The Morgan fingerprint density at radius 1 is 1.00 bits per heavy atom. The van der Waals surface area contributed by atoms with Crippen LogP contribution in [0.1, 0.15) is 48.4 Å². The van der Waals surface area contributed by atoms with E-state index in [1.54, 1.807) is 20.0 Å². The molecule has 5 N–H and O–H groups in total. The van der Waals surface area contributed by atoms with Crippen LogP contribution in [0.15, 0.2) is 85.2 Å². The molecule has 0 aliphatic carbocycles. The molecule has 5 rings (SSSR count). The van der Waals surface area contributed by atoms with Gasteiger partial charge in [-0.15, -0.1) is 10.2 Å². The molecule has 0 aliphatic rings. The molecule has 5 aromatic rings. The van der Waals surface area contributed by atoms with Crippen molar-refractivity contribution in [2.24, 2.45) is 5.73 Å². The molecule has 3 aromatic heterocycles. The van der Waals surface area contributed by atoms with E-state index in [1.807, 2.05) is 60.8 Å². The lowest BCUT2D eigenvalue weighted by Gasteiger charge is -2.24. The van der Waals surface area contributed by atoms with Crippen LogP contribution in [-0.4, -0.2) is 53.4 Å². The molecule has 0 unspecified atom stereocenters. The van der Waals surface area contributed by atoms with Crippen LogP contribution >= 0.6 is 0 Å². The molecule has 0 spiro atoms. The van der Waals surface area contributed by atoms with E-state index < -0.39 is 23.7 Å². The standard InChI is InChI=1S/C29H31N7O.C2HF3O2/c1-29(2,30)28(37)33-25(17-21-18-32-24-14-7-6-13-23(21)24)27-35-34-26(16-20-10-4-3-5-11-20)36(27)19-22-12-8-9-15-31-22;3-2(4,5)1(6)7/h3-15,18,25,32H,16-17,19,30H2,1-2H3,(H,33,37);(H,6,7)/t25-;/m1./s1. The topological polar surface area (TPSA) is 152 Å². The Morgan fingerprint density at radius 2 is 1.66 bits per heavy atom. The van der Waals surface area contributed by atoms with Crippen LogP contribution in [0.4, 0.5) is 13.2 Å². The van der Waals surface area contributed by atoms with Gasteiger partial charge in [0.05, 0.1) is 23.8 Å². The maximum absolute atomic E-state index is 13.1. The summed E-state index contributed by atoms with van der Waals surface area (Å²) < 4.78 is 33.8. The van der Waals surface area contributed by atoms with E-state index in [0.29, 0.717) is 25.2 Å². The van der Waals surface area contributed by atoms with Gasteiger partial charge in [-0.25, -0.2) is 4.79 Å². The van der Waals surface area contributed by atoms with Crippen LogP contribution < -0.4 is 11.1 Å². The molecule has 44 heavy (non-hydrogen) atoms. The van der Waals surface area contributed by atoms with E-state index >= 15 is 0 Å². The summed E-state index contributed by atoms with van der Waals surface area (Å²) in [6, 6.07) is 23.7. The second-order valence-electron chi connectivity index (χ2n) is 10.7. The van der Waals surface area contributed by atoms with Gasteiger partial charge in [-0.05, 0) is 43.2 Å². The van der Waals surface area contributed by atoms with Gasteiger partial charge in [0.1, 0.15) is 5.82 Å². The number of rotatable bonds is 9. The van der Waals surface area contributed by atoms with E-state index in [2.05, 4.69) is 48.2 Å². The number of para-hydroxylation sites is 1. The van der Waals surface area contributed by atoms with Gasteiger partial charge >= 0.3 is 12.1 Å². The normalized spacial score (nSPS) is 12.3. The summed E-state index contributed by atoms with van der Waals surface area (Å²) in [6.45, 7) is 3.88. The molecular formula is C31H32F3N7O3. The number of aromatic amines is 1. The smallest absolute Gasteiger partial charge is 0.475 e. The quantitative estimate of drug-likeness (QED) is 0.192. The summed E-state index contributed by atoms with van der Waals surface area (Å²) in [6.07, 6.45) is -0.186. The number of aromatic nitrogens is 5. The second-order valence-corrected chi connectivity index (χ2v) is 10.7. The molecule has 0 fully saturated rings. The molecule has 230 valence electrons. The van der Waals surface area contributed by atoms with Crippen LogP contribution in [0.2, 0.25) is 0 Å². The molecule has 2 aromatic carbocycles. The van der Waals surface area contributed by atoms with Crippen molar-refractivity contribution < 1.29 is 27.9 Å². The molecule has 1 amide bonds. The minimum absolute atomic E-state index is 0.255. The molecular weight excluding hydrogens is 575 g/mol. The van der Waals surface area contributed by atoms with Gasteiger partial charge in [0, 0.05) is 36.1 Å². The number of nitrogens with one attached hydrogen (secondary N) is 2. The predicted octanol–water partition coefficient (Wildman–Crippen LogP) is 4.56. The zero-order valence-electron chi connectivity index (χ0n) is 24.0. The number of nitrogens with zero attached hydrogens (tertiary/aromatic N) is 4. The van der Waals surface area contributed by atoms with Crippen molar-refractivity contribution in [3.05, 3.63) is 114 Å². The molecule has 0 bridgehead atoms. The third kappa shape index (κ3) is 8.28. The largest absolute Gasteiger partial charge is 0.490 e. The summed E-state index contributed by atoms with van der Waals surface area (Å²) in [5, 5.41) is 20.6. The van der Waals surface area contributed by atoms with E-state index in [0.717, 1.165) is 33.5 Å². The number of halogens is 3. The first-order valence-corrected chi connectivity index (χ1v) is 13.6. The van der Waals surface area contributed by atoms with E-state index in [-0.39, 0.29) is 5.91 Å². The Kier molecular flexibility index (Phi) is 9.79. The zero-order valence-corrected chi connectivity index (χ0v) is 24.0.